The summed E-state index contributed by atoms with van der Waals surface area (Å²) in [5, 5.41) is 15.4. The zero-order valence-corrected chi connectivity index (χ0v) is 16.7. The van der Waals surface area contributed by atoms with Gasteiger partial charge in [0.1, 0.15) is 0 Å². The Hall–Kier alpha value is -2.56. The van der Waals surface area contributed by atoms with Crippen LogP contribution >= 0.6 is 12.4 Å². The summed E-state index contributed by atoms with van der Waals surface area (Å²) in [6.45, 7) is 4.14. The monoisotopic (exact) mass is 396 g/mol. The molecule has 4 nitrogen and oxygen atoms in total. The number of aromatic carboxylic acids is 1. The number of nitrogens with zero attached hydrogens (tertiary/aromatic N) is 1. The smallest absolute Gasteiger partial charge is 0.335 e. The van der Waals surface area contributed by atoms with Crippen molar-refractivity contribution in [2.45, 2.75) is 25.4 Å². The van der Waals surface area contributed by atoms with Gasteiger partial charge >= 0.3 is 5.97 Å². The lowest BCUT2D eigenvalue weighted by atomic mass is 9.99. The predicted molar refractivity (Wildman–Crippen MR) is 117 cm³/mol. The first-order chi connectivity index (χ1) is 13.1. The van der Waals surface area contributed by atoms with Crippen molar-refractivity contribution in [1.29, 1.82) is 0 Å². The molecule has 4 rings (SSSR count). The highest BCUT2D eigenvalue weighted by Crippen LogP contribution is 2.26. The first kappa shape index (κ1) is 20.2. The van der Waals surface area contributed by atoms with Crippen LogP contribution < -0.4 is 10.2 Å². The molecule has 5 heteroatoms. The van der Waals surface area contributed by atoms with Gasteiger partial charge in [-0.3, -0.25) is 0 Å². The second kappa shape index (κ2) is 8.63. The molecule has 0 radical (unpaired) electrons. The summed E-state index contributed by atoms with van der Waals surface area (Å²) in [4.78, 5) is 13.3. The fourth-order valence-electron chi connectivity index (χ4n) is 4.02. The van der Waals surface area contributed by atoms with Crippen LogP contribution in [0.25, 0.3) is 10.8 Å². The number of hydrogen-bond donors (Lipinski definition) is 2. The Labute approximate surface area is 171 Å². The lowest BCUT2D eigenvalue weighted by Gasteiger charge is -2.23. The number of carbonyl (C=O) groups is 1. The third kappa shape index (κ3) is 4.13. The van der Waals surface area contributed by atoms with E-state index in [-0.39, 0.29) is 18.4 Å². The van der Waals surface area contributed by atoms with E-state index in [0.29, 0.717) is 11.6 Å². The summed E-state index contributed by atoms with van der Waals surface area (Å²) in [5.74, 6) is -0.883. The second-order valence-electron chi connectivity index (χ2n) is 7.24. The van der Waals surface area contributed by atoms with E-state index in [1.165, 1.54) is 16.3 Å². The van der Waals surface area contributed by atoms with E-state index >= 15 is 0 Å². The van der Waals surface area contributed by atoms with Gasteiger partial charge in [0.2, 0.25) is 0 Å². The van der Waals surface area contributed by atoms with Gasteiger partial charge in [-0.2, -0.15) is 0 Å². The number of fused-ring (bicyclic) bond motifs is 1. The molecule has 0 bridgehead atoms. The molecule has 1 aliphatic rings. The Bertz CT molecular complexity index is 953. The van der Waals surface area contributed by atoms with Gasteiger partial charge in [0.05, 0.1) is 5.56 Å². The van der Waals surface area contributed by atoms with Crippen LogP contribution in [0.1, 0.15) is 35.3 Å². The van der Waals surface area contributed by atoms with E-state index < -0.39 is 5.97 Å². The molecule has 146 valence electrons. The summed E-state index contributed by atoms with van der Waals surface area (Å²) in [6.07, 6.45) is 1.08. The molecule has 0 amide bonds. The van der Waals surface area contributed by atoms with Gasteiger partial charge in [0.25, 0.3) is 0 Å². The van der Waals surface area contributed by atoms with Crippen LogP contribution in [0.5, 0.6) is 0 Å². The van der Waals surface area contributed by atoms with Crippen molar-refractivity contribution in [3.05, 3.63) is 77.9 Å². The lowest BCUT2D eigenvalue weighted by Crippen LogP contribution is -2.34. The third-order valence-electron chi connectivity index (χ3n) is 5.44. The average Bonchev–Trinajstić information content (AvgIpc) is 3.16. The van der Waals surface area contributed by atoms with Crippen LogP contribution in [0.4, 0.5) is 5.69 Å². The number of hydrogen-bond acceptors (Lipinski definition) is 3. The summed E-state index contributed by atoms with van der Waals surface area (Å²) in [5.41, 5.74) is 2.75. The Morgan fingerprint density at radius 3 is 2.54 bits per heavy atom. The normalized spacial score (nSPS) is 17.3. The van der Waals surface area contributed by atoms with Crippen molar-refractivity contribution >= 4 is 34.8 Å². The molecule has 1 heterocycles. The maximum Gasteiger partial charge on any atom is 0.335 e. The topological polar surface area (TPSA) is 52.6 Å². The molecular weight excluding hydrogens is 372 g/mol. The van der Waals surface area contributed by atoms with Gasteiger partial charge in [0.15, 0.2) is 0 Å². The molecule has 28 heavy (non-hydrogen) atoms. The van der Waals surface area contributed by atoms with Crippen LogP contribution in [0, 0.1) is 0 Å². The number of benzene rings is 3. The lowest BCUT2D eigenvalue weighted by molar-refractivity contribution is 0.0697. The van der Waals surface area contributed by atoms with E-state index in [1.54, 1.807) is 12.1 Å². The van der Waals surface area contributed by atoms with E-state index in [2.05, 4.69) is 59.6 Å². The molecule has 3 aromatic rings. The van der Waals surface area contributed by atoms with Gasteiger partial charge in [-0.15, -0.1) is 12.4 Å². The number of rotatable bonds is 5. The van der Waals surface area contributed by atoms with Crippen molar-refractivity contribution in [1.82, 2.24) is 5.32 Å². The maximum atomic E-state index is 11.0. The van der Waals surface area contributed by atoms with Gasteiger partial charge in [-0.1, -0.05) is 42.5 Å². The van der Waals surface area contributed by atoms with Crippen molar-refractivity contribution in [3.63, 3.8) is 0 Å². The highest BCUT2D eigenvalue weighted by atomic mass is 35.5. The Morgan fingerprint density at radius 1 is 1.07 bits per heavy atom. The minimum absolute atomic E-state index is 0. The van der Waals surface area contributed by atoms with Crippen LogP contribution in [-0.4, -0.2) is 30.2 Å². The molecule has 3 aromatic carbocycles. The number of carboxylic acid groups (broad SMARTS) is 1. The molecule has 1 aliphatic heterocycles. The van der Waals surface area contributed by atoms with E-state index in [0.717, 1.165) is 25.2 Å². The SMILES string of the molecule is C[C@@H](N[C@H]1CCN(c2ccc(C(=O)O)cc2)C1)c1cccc2ccccc12.Cl. The minimum atomic E-state index is -0.883. The predicted octanol–water partition coefficient (Wildman–Crippen LogP) is 4.89. The first-order valence-corrected chi connectivity index (χ1v) is 9.44. The maximum absolute atomic E-state index is 11.0. The number of halogens is 1. The second-order valence-corrected chi connectivity index (χ2v) is 7.24. The van der Waals surface area contributed by atoms with Crippen LogP contribution in [0.15, 0.2) is 66.7 Å². The van der Waals surface area contributed by atoms with Gasteiger partial charge in [-0.05, 0) is 53.9 Å². The summed E-state index contributed by atoms with van der Waals surface area (Å²) in [6, 6.07) is 22.9. The molecule has 1 saturated heterocycles. The standard InChI is InChI=1S/C23H24N2O2.ClH/c1-16(21-8-4-6-17-5-2-3-7-22(17)21)24-19-13-14-25(15-19)20-11-9-18(10-12-20)23(26)27;/h2-12,16,19,24H,13-15H2,1H3,(H,26,27);1H/t16-,19+;/m1./s1. The first-order valence-electron chi connectivity index (χ1n) is 9.44. The van der Waals surface area contributed by atoms with Crippen LogP contribution in [-0.2, 0) is 0 Å². The zero-order valence-electron chi connectivity index (χ0n) is 15.8. The molecule has 0 unspecified atom stereocenters. The molecule has 2 N–H and O–H groups in total. The van der Waals surface area contributed by atoms with Crippen LogP contribution in [0.2, 0.25) is 0 Å². The van der Waals surface area contributed by atoms with E-state index in [1.807, 2.05) is 12.1 Å². The number of nitrogens with one attached hydrogen (secondary N) is 1. The van der Waals surface area contributed by atoms with Gasteiger partial charge in [-0.25, -0.2) is 4.79 Å². The van der Waals surface area contributed by atoms with Gasteiger partial charge in [0, 0.05) is 30.9 Å². The minimum Gasteiger partial charge on any atom is -0.478 e. The summed E-state index contributed by atoms with van der Waals surface area (Å²) >= 11 is 0. The molecular formula is C23H25ClN2O2. The van der Waals surface area contributed by atoms with Crippen molar-refractivity contribution in [2.24, 2.45) is 0 Å². The molecule has 2 atom stereocenters. The van der Waals surface area contributed by atoms with Crippen LogP contribution in [0.3, 0.4) is 0 Å². The fraction of sp³-hybridized carbons (Fsp3) is 0.261. The molecule has 1 fully saturated rings. The molecule has 0 aliphatic carbocycles. The van der Waals surface area contributed by atoms with E-state index in [9.17, 15) is 4.79 Å². The Morgan fingerprint density at radius 2 is 1.79 bits per heavy atom. The van der Waals surface area contributed by atoms with Crippen molar-refractivity contribution in [2.75, 3.05) is 18.0 Å². The highest BCUT2D eigenvalue weighted by Gasteiger charge is 2.24. The Kier molecular flexibility index (Phi) is 6.22. The summed E-state index contributed by atoms with van der Waals surface area (Å²) < 4.78 is 0. The summed E-state index contributed by atoms with van der Waals surface area (Å²) in [7, 11) is 0. The quantitative estimate of drug-likeness (QED) is 0.644. The molecule has 0 saturated carbocycles. The van der Waals surface area contributed by atoms with Crippen molar-refractivity contribution < 1.29 is 9.90 Å². The van der Waals surface area contributed by atoms with Crippen molar-refractivity contribution in [3.8, 4) is 0 Å². The Balaban J connectivity index is 0.00000225. The fourth-order valence-corrected chi connectivity index (χ4v) is 4.02. The molecule has 0 aromatic heterocycles. The molecule has 0 spiro atoms. The van der Waals surface area contributed by atoms with Gasteiger partial charge < -0.3 is 15.3 Å². The largest absolute Gasteiger partial charge is 0.478 e. The third-order valence-corrected chi connectivity index (χ3v) is 5.44. The zero-order chi connectivity index (χ0) is 18.8. The number of carboxylic acids is 1. The highest BCUT2D eigenvalue weighted by molar-refractivity contribution is 5.88. The van der Waals surface area contributed by atoms with E-state index in [4.69, 9.17) is 5.11 Å². The number of anilines is 1. The average molecular weight is 397 g/mol.